The van der Waals surface area contributed by atoms with Crippen molar-refractivity contribution in [3.8, 4) is 0 Å². The summed E-state index contributed by atoms with van der Waals surface area (Å²) < 4.78 is 15.3. The van der Waals surface area contributed by atoms with Crippen LogP contribution in [0.4, 0.5) is 0 Å². The van der Waals surface area contributed by atoms with E-state index in [0.29, 0.717) is 6.42 Å². The third-order valence-corrected chi connectivity index (χ3v) is 1.73. The zero-order valence-corrected chi connectivity index (χ0v) is 5.22. The molecule has 0 saturated heterocycles. The normalized spacial score (nSPS) is 24.4. The summed E-state index contributed by atoms with van der Waals surface area (Å²) in [7, 11) is 0. The minimum Gasteiger partial charge on any atom is -0.0620 e. The highest BCUT2D eigenvalue weighted by Crippen LogP contribution is 2.20. The molecule has 0 fully saturated rings. The Labute approximate surface area is 58.3 Å². The third-order valence-electron chi connectivity index (χ3n) is 1.73. The van der Waals surface area contributed by atoms with Crippen LogP contribution in [0.1, 0.15) is 20.3 Å². The molecule has 0 radical (unpaired) electrons. The molecule has 9 heavy (non-hydrogen) atoms. The standard InChI is InChI=1S/C9H10/c1-2-5-9-7-3-6-8(9)4-1/h1-2,4-5H,3,6-7H2/i6D2. The van der Waals surface area contributed by atoms with Crippen LogP contribution < -0.4 is 0 Å². The first-order valence-electron chi connectivity index (χ1n) is 4.28. The summed E-state index contributed by atoms with van der Waals surface area (Å²) in [5, 5.41) is 0. The summed E-state index contributed by atoms with van der Waals surface area (Å²) in [4.78, 5) is 0. The van der Waals surface area contributed by atoms with Crippen LogP contribution in [0, 0.1) is 0 Å². The second-order valence-electron chi connectivity index (χ2n) is 2.33. The van der Waals surface area contributed by atoms with Gasteiger partial charge in [-0.2, -0.15) is 0 Å². The van der Waals surface area contributed by atoms with Gasteiger partial charge in [-0.25, -0.2) is 0 Å². The fourth-order valence-corrected chi connectivity index (χ4v) is 1.24. The number of aryl methyl sites for hydroxylation is 2. The highest BCUT2D eigenvalue weighted by molar-refractivity contribution is 5.30. The van der Waals surface area contributed by atoms with Crippen molar-refractivity contribution in [1.29, 1.82) is 0 Å². The molecule has 0 unspecified atom stereocenters. The van der Waals surface area contributed by atoms with Gasteiger partial charge in [0, 0.05) is 2.74 Å². The molecule has 1 aliphatic carbocycles. The van der Waals surface area contributed by atoms with E-state index in [1.54, 1.807) is 0 Å². The molecular formula is C9H10. The Morgan fingerprint density at radius 3 is 2.78 bits per heavy atom. The lowest BCUT2D eigenvalue weighted by atomic mass is 10.1. The fraction of sp³-hybridized carbons (Fsp3) is 0.333. The van der Waals surface area contributed by atoms with Crippen LogP contribution in [0.5, 0.6) is 0 Å². The molecule has 0 heterocycles. The van der Waals surface area contributed by atoms with Crippen LogP contribution in [0.3, 0.4) is 0 Å². The van der Waals surface area contributed by atoms with Crippen molar-refractivity contribution in [2.75, 3.05) is 0 Å². The molecule has 0 amide bonds. The molecule has 0 bridgehead atoms. The second kappa shape index (κ2) is 1.87. The van der Waals surface area contributed by atoms with Crippen LogP contribution in [-0.2, 0) is 12.8 Å². The van der Waals surface area contributed by atoms with E-state index >= 15 is 0 Å². The van der Waals surface area contributed by atoms with Gasteiger partial charge in [-0.15, -0.1) is 0 Å². The van der Waals surface area contributed by atoms with Crippen molar-refractivity contribution >= 4 is 0 Å². The van der Waals surface area contributed by atoms with Crippen molar-refractivity contribution in [2.45, 2.75) is 19.2 Å². The van der Waals surface area contributed by atoms with E-state index in [4.69, 9.17) is 2.74 Å². The molecule has 0 saturated carbocycles. The van der Waals surface area contributed by atoms with Crippen molar-refractivity contribution in [3.63, 3.8) is 0 Å². The first-order valence-corrected chi connectivity index (χ1v) is 3.28. The molecule has 0 heteroatoms. The van der Waals surface area contributed by atoms with Gasteiger partial charge in [0.05, 0.1) is 0 Å². The van der Waals surface area contributed by atoms with Crippen LogP contribution >= 0.6 is 0 Å². The van der Waals surface area contributed by atoms with Crippen molar-refractivity contribution < 1.29 is 2.74 Å². The Bertz CT molecular complexity index is 279. The van der Waals surface area contributed by atoms with Crippen molar-refractivity contribution in [1.82, 2.24) is 0 Å². The number of fused-ring (bicyclic) bond motifs is 1. The predicted molar refractivity (Wildman–Crippen MR) is 38.5 cm³/mol. The van der Waals surface area contributed by atoms with E-state index in [9.17, 15) is 0 Å². The maximum atomic E-state index is 7.63. The molecule has 46 valence electrons. The largest absolute Gasteiger partial charge is 0.0620 e. The van der Waals surface area contributed by atoms with Gasteiger partial charge in [0.1, 0.15) is 0 Å². The average Bonchev–Trinajstić information content (AvgIpc) is 2.29. The molecule has 0 nitrogen and oxygen atoms in total. The Morgan fingerprint density at radius 1 is 1.22 bits per heavy atom. The maximum absolute atomic E-state index is 7.63. The van der Waals surface area contributed by atoms with E-state index in [1.807, 2.05) is 24.3 Å². The van der Waals surface area contributed by atoms with Crippen molar-refractivity contribution in [3.05, 3.63) is 35.4 Å². The van der Waals surface area contributed by atoms with Crippen LogP contribution in [0.15, 0.2) is 24.3 Å². The summed E-state index contributed by atoms with van der Waals surface area (Å²) in [6.07, 6.45) is 0.464. The van der Waals surface area contributed by atoms with Gasteiger partial charge in [0.2, 0.25) is 0 Å². The zero-order valence-electron chi connectivity index (χ0n) is 7.22. The fourth-order valence-electron chi connectivity index (χ4n) is 1.24. The van der Waals surface area contributed by atoms with Crippen molar-refractivity contribution in [2.24, 2.45) is 0 Å². The van der Waals surface area contributed by atoms with Crippen LogP contribution in [0.25, 0.3) is 0 Å². The molecular weight excluding hydrogens is 108 g/mol. The summed E-state index contributed by atoms with van der Waals surface area (Å²) >= 11 is 0. The average molecular weight is 120 g/mol. The van der Waals surface area contributed by atoms with Crippen LogP contribution in [-0.4, -0.2) is 0 Å². The van der Waals surface area contributed by atoms with Gasteiger partial charge >= 0.3 is 0 Å². The smallest absolute Gasteiger partial charge is 0.0316 e. The second-order valence-corrected chi connectivity index (χ2v) is 2.33. The lowest BCUT2D eigenvalue weighted by molar-refractivity contribution is 0.912. The number of benzene rings is 1. The van der Waals surface area contributed by atoms with Gasteiger partial charge in [-0.1, -0.05) is 24.3 Å². The first-order chi connectivity index (χ1) is 5.20. The first kappa shape index (κ1) is 3.40. The summed E-state index contributed by atoms with van der Waals surface area (Å²) in [5.74, 6) is 0. The predicted octanol–water partition coefficient (Wildman–Crippen LogP) is 2.18. The number of rotatable bonds is 0. The quantitative estimate of drug-likeness (QED) is 0.492. The van der Waals surface area contributed by atoms with E-state index in [1.165, 1.54) is 5.56 Å². The minimum atomic E-state index is -1.07. The van der Waals surface area contributed by atoms with Gasteiger partial charge in [-0.05, 0) is 30.3 Å². The summed E-state index contributed by atoms with van der Waals surface area (Å²) in [5.41, 5.74) is 2.07. The summed E-state index contributed by atoms with van der Waals surface area (Å²) in [6, 6.07) is 7.78. The van der Waals surface area contributed by atoms with E-state index < -0.39 is 6.37 Å². The van der Waals surface area contributed by atoms with Gasteiger partial charge in [0.25, 0.3) is 0 Å². The molecule has 0 atom stereocenters. The topological polar surface area (TPSA) is 0 Å². The Morgan fingerprint density at radius 2 is 2.00 bits per heavy atom. The zero-order chi connectivity index (χ0) is 7.90. The Balaban J connectivity index is 2.56. The highest BCUT2D eigenvalue weighted by atomic mass is 14.1. The third kappa shape index (κ3) is 0.748. The van der Waals surface area contributed by atoms with Gasteiger partial charge in [0.15, 0.2) is 0 Å². The minimum absolute atomic E-state index is 0.645. The lowest BCUT2D eigenvalue weighted by Gasteiger charge is -1.93. The number of hydrogen-bond donors (Lipinski definition) is 0. The van der Waals surface area contributed by atoms with Crippen LogP contribution in [0.2, 0.25) is 0 Å². The molecule has 0 spiro atoms. The SMILES string of the molecule is [2H]C1([2H])CCc2ccccc21. The van der Waals surface area contributed by atoms with E-state index in [0.717, 1.165) is 12.0 Å². The highest BCUT2D eigenvalue weighted by Gasteiger charge is 2.07. The molecule has 1 aromatic carbocycles. The molecule has 1 aromatic rings. The molecule has 2 rings (SSSR count). The van der Waals surface area contributed by atoms with Gasteiger partial charge < -0.3 is 0 Å². The monoisotopic (exact) mass is 120 g/mol. The molecule has 0 aromatic heterocycles. The molecule has 0 aliphatic heterocycles. The lowest BCUT2D eigenvalue weighted by Crippen LogP contribution is -1.77. The molecule has 1 aliphatic rings. The maximum Gasteiger partial charge on any atom is 0.0316 e. The van der Waals surface area contributed by atoms with Gasteiger partial charge in [-0.3, -0.25) is 0 Å². The number of hydrogen-bond acceptors (Lipinski definition) is 0. The van der Waals surface area contributed by atoms with E-state index in [2.05, 4.69) is 0 Å². The van der Waals surface area contributed by atoms with E-state index in [-0.39, 0.29) is 0 Å². The Kier molecular flexibility index (Phi) is 0.707. The summed E-state index contributed by atoms with van der Waals surface area (Å²) in [6.45, 7) is 0. The Hall–Kier alpha value is -0.780. The molecule has 0 N–H and O–H groups in total.